The molecule has 1 unspecified atom stereocenters. The number of methoxy groups -OCH3 is 1. The molecule has 112 valence electrons. The van der Waals surface area contributed by atoms with Gasteiger partial charge in [-0.1, -0.05) is 47.1 Å². The Bertz CT molecular complexity index is 598. The van der Waals surface area contributed by atoms with Crippen LogP contribution in [0.2, 0.25) is 0 Å². The average molecular weight is 348 g/mol. The molecule has 1 atom stereocenters. The lowest BCUT2D eigenvalue weighted by Gasteiger charge is -2.20. The van der Waals surface area contributed by atoms with Gasteiger partial charge in [-0.25, -0.2) is 0 Å². The summed E-state index contributed by atoms with van der Waals surface area (Å²) in [6, 6.07) is 15.2. The van der Waals surface area contributed by atoms with Crippen LogP contribution < -0.4 is 10.1 Å². The van der Waals surface area contributed by atoms with E-state index in [1.165, 1.54) is 16.7 Å². The standard InChI is InChI=1S/C18H22BrNO/c1-4-20-17(11-14-6-5-7-16(19)10-14)15-9-8-13(2)18(12-15)21-3/h5-10,12,17,20H,4,11H2,1-3H3. The predicted octanol–water partition coefficient (Wildman–Crippen LogP) is 4.66. The molecule has 0 aromatic heterocycles. The minimum atomic E-state index is 0.291. The van der Waals surface area contributed by atoms with E-state index in [2.05, 4.69) is 77.6 Å². The highest BCUT2D eigenvalue weighted by molar-refractivity contribution is 9.10. The Morgan fingerprint density at radius 1 is 1.19 bits per heavy atom. The first-order valence-electron chi connectivity index (χ1n) is 7.26. The van der Waals surface area contributed by atoms with Crippen LogP contribution in [0.25, 0.3) is 0 Å². The van der Waals surface area contributed by atoms with E-state index < -0.39 is 0 Å². The lowest BCUT2D eigenvalue weighted by Crippen LogP contribution is -2.23. The summed E-state index contributed by atoms with van der Waals surface area (Å²) >= 11 is 3.54. The van der Waals surface area contributed by atoms with Gasteiger partial charge in [0.15, 0.2) is 0 Å². The summed E-state index contributed by atoms with van der Waals surface area (Å²) in [5.41, 5.74) is 3.74. The van der Waals surface area contributed by atoms with Crippen LogP contribution in [0.5, 0.6) is 5.75 Å². The quantitative estimate of drug-likeness (QED) is 0.820. The molecule has 0 spiro atoms. The van der Waals surface area contributed by atoms with Crippen LogP contribution in [0.15, 0.2) is 46.9 Å². The molecule has 2 nitrogen and oxygen atoms in total. The van der Waals surface area contributed by atoms with Crippen molar-refractivity contribution in [3.8, 4) is 5.75 Å². The van der Waals surface area contributed by atoms with Crippen LogP contribution in [0.1, 0.15) is 29.7 Å². The number of hydrogen-bond donors (Lipinski definition) is 1. The van der Waals surface area contributed by atoms with E-state index in [1.807, 2.05) is 0 Å². The summed E-state index contributed by atoms with van der Waals surface area (Å²) in [4.78, 5) is 0. The van der Waals surface area contributed by atoms with Crippen molar-refractivity contribution >= 4 is 15.9 Å². The van der Waals surface area contributed by atoms with E-state index >= 15 is 0 Å². The predicted molar refractivity (Wildman–Crippen MR) is 92.0 cm³/mol. The molecule has 2 aromatic rings. The maximum Gasteiger partial charge on any atom is 0.122 e. The molecular formula is C18H22BrNO. The third-order valence-corrected chi connectivity index (χ3v) is 4.11. The van der Waals surface area contributed by atoms with Gasteiger partial charge in [0.1, 0.15) is 5.75 Å². The van der Waals surface area contributed by atoms with Gasteiger partial charge in [-0.15, -0.1) is 0 Å². The van der Waals surface area contributed by atoms with Crippen molar-refractivity contribution in [1.82, 2.24) is 5.32 Å². The first kappa shape index (κ1) is 16.1. The molecule has 0 bridgehead atoms. The Labute approximate surface area is 135 Å². The minimum absolute atomic E-state index is 0.291. The van der Waals surface area contributed by atoms with Crippen molar-refractivity contribution in [1.29, 1.82) is 0 Å². The van der Waals surface area contributed by atoms with Crippen LogP contribution in [0.3, 0.4) is 0 Å². The molecular weight excluding hydrogens is 326 g/mol. The molecule has 0 heterocycles. The molecule has 0 aliphatic rings. The Hall–Kier alpha value is -1.32. The van der Waals surface area contributed by atoms with Crippen molar-refractivity contribution in [2.45, 2.75) is 26.3 Å². The van der Waals surface area contributed by atoms with Gasteiger partial charge in [0.25, 0.3) is 0 Å². The summed E-state index contributed by atoms with van der Waals surface area (Å²) in [7, 11) is 1.72. The van der Waals surface area contributed by atoms with Crippen LogP contribution in [0.4, 0.5) is 0 Å². The highest BCUT2D eigenvalue weighted by Crippen LogP contribution is 2.26. The fraction of sp³-hybridized carbons (Fsp3) is 0.333. The molecule has 0 aliphatic heterocycles. The van der Waals surface area contributed by atoms with Crippen molar-refractivity contribution < 1.29 is 4.74 Å². The molecule has 0 saturated heterocycles. The highest BCUT2D eigenvalue weighted by Gasteiger charge is 2.13. The third kappa shape index (κ3) is 4.32. The maximum absolute atomic E-state index is 5.45. The summed E-state index contributed by atoms with van der Waals surface area (Å²) in [5, 5.41) is 3.57. The lowest BCUT2D eigenvalue weighted by atomic mass is 9.97. The number of nitrogens with one attached hydrogen (secondary N) is 1. The second kappa shape index (κ2) is 7.62. The Morgan fingerprint density at radius 2 is 2.00 bits per heavy atom. The van der Waals surface area contributed by atoms with Gasteiger partial charge in [-0.2, -0.15) is 0 Å². The molecule has 0 fully saturated rings. The van der Waals surface area contributed by atoms with E-state index in [4.69, 9.17) is 4.74 Å². The second-order valence-corrected chi connectivity index (χ2v) is 6.09. The molecule has 21 heavy (non-hydrogen) atoms. The summed E-state index contributed by atoms with van der Waals surface area (Å²) in [5.74, 6) is 0.949. The smallest absolute Gasteiger partial charge is 0.122 e. The topological polar surface area (TPSA) is 21.3 Å². The van der Waals surface area contributed by atoms with Gasteiger partial charge in [0.2, 0.25) is 0 Å². The average Bonchev–Trinajstić information content (AvgIpc) is 2.47. The van der Waals surface area contributed by atoms with Crippen LogP contribution >= 0.6 is 15.9 Å². The number of benzene rings is 2. The van der Waals surface area contributed by atoms with E-state index in [-0.39, 0.29) is 0 Å². The maximum atomic E-state index is 5.45. The third-order valence-electron chi connectivity index (χ3n) is 3.61. The molecule has 0 radical (unpaired) electrons. The van der Waals surface area contributed by atoms with E-state index in [0.29, 0.717) is 6.04 Å². The highest BCUT2D eigenvalue weighted by atomic mass is 79.9. The normalized spacial score (nSPS) is 12.2. The molecule has 2 aromatic carbocycles. The summed E-state index contributed by atoms with van der Waals surface area (Å²) < 4.78 is 6.57. The van der Waals surface area contributed by atoms with Gasteiger partial charge in [-0.3, -0.25) is 0 Å². The zero-order valence-electron chi connectivity index (χ0n) is 12.8. The van der Waals surface area contributed by atoms with Gasteiger partial charge in [0, 0.05) is 10.5 Å². The Balaban J connectivity index is 2.26. The summed E-state index contributed by atoms with van der Waals surface area (Å²) in [6.45, 7) is 5.15. The lowest BCUT2D eigenvalue weighted by molar-refractivity contribution is 0.410. The Kier molecular flexibility index (Phi) is 5.83. The largest absolute Gasteiger partial charge is 0.496 e. The molecule has 0 saturated carbocycles. The SMILES string of the molecule is CCNC(Cc1cccc(Br)c1)c1ccc(C)c(OC)c1. The Morgan fingerprint density at radius 3 is 2.67 bits per heavy atom. The number of rotatable bonds is 6. The number of aryl methyl sites for hydroxylation is 1. The number of likely N-dealkylation sites (N-methyl/N-ethyl adjacent to an activating group) is 1. The van der Waals surface area contributed by atoms with Crippen LogP contribution in [0, 0.1) is 6.92 Å². The van der Waals surface area contributed by atoms with E-state index in [1.54, 1.807) is 7.11 Å². The second-order valence-electron chi connectivity index (χ2n) is 5.17. The number of ether oxygens (including phenoxy) is 1. The molecule has 2 rings (SSSR count). The fourth-order valence-corrected chi connectivity index (χ4v) is 2.95. The molecule has 3 heteroatoms. The van der Waals surface area contributed by atoms with Gasteiger partial charge in [0.05, 0.1) is 7.11 Å². The van der Waals surface area contributed by atoms with Gasteiger partial charge >= 0.3 is 0 Å². The first-order chi connectivity index (χ1) is 10.1. The van der Waals surface area contributed by atoms with Gasteiger partial charge in [-0.05, 0) is 54.8 Å². The van der Waals surface area contributed by atoms with Crippen molar-refractivity contribution in [2.24, 2.45) is 0 Å². The zero-order valence-corrected chi connectivity index (χ0v) is 14.4. The zero-order chi connectivity index (χ0) is 15.2. The molecule has 1 N–H and O–H groups in total. The van der Waals surface area contributed by atoms with Crippen LogP contribution in [-0.4, -0.2) is 13.7 Å². The van der Waals surface area contributed by atoms with E-state index in [0.717, 1.165) is 23.2 Å². The van der Waals surface area contributed by atoms with E-state index in [9.17, 15) is 0 Å². The van der Waals surface area contributed by atoms with Crippen molar-refractivity contribution in [2.75, 3.05) is 13.7 Å². The van der Waals surface area contributed by atoms with Gasteiger partial charge < -0.3 is 10.1 Å². The summed E-state index contributed by atoms with van der Waals surface area (Å²) in [6.07, 6.45) is 0.958. The van der Waals surface area contributed by atoms with Crippen LogP contribution in [-0.2, 0) is 6.42 Å². The monoisotopic (exact) mass is 347 g/mol. The fourth-order valence-electron chi connectivity index (χ4n) is 2.51. The van der Waals surface area contributed by atoms with Crippen molar-refractivity contribution in [3.05, 3.63) is 63.6 Å². The van der Waals surface area contributed by atoms with Crippen molar-refractivity contribution in [3.63, 3.8) is 0 Å². The molecule has 0 aliphatic carbocycles. The first-order valence-corrected chi connectivity index (χ1v) is 8.05. The minimum Gasteiger partial charge on any atom is -0.496 e. The number of halogens is 1. The molecule has 0 amide bonds. The number of hydrogen-bond acceptors (Lipinski definition) is 2.